The van der Waals surface area contributed by atoms with Crippen molar-refractivity contribution in [1.29, 1.82) is 0 Å². The van der Waals surface area contributed by atoms with Crippen LogP contribution in [0.15, 0.2) is 90.3 Å². The first-order valence-corrected chi connectivity index (χ1v) is 11.5. The number of halogens is 1. The summed E-state index contributed by atoms with van der Waals surface area (Å²) < 4.78 is 38.3. The molecule has 3 rings (SSSR count). The first-order valence-electron chi connectivity index (χ1n) is 9.65. The number of hydrogen-bond acceptors (Lipinski definition) is 5. The molecule has 0 aliphatic heterocycles. The molecule has 0 aromatic heterocycles. The van der Waals surface area contributed by atoms with E-state index in [1.807, 2.05) is 0 Å². The molecular weight excluding hydrogens is 450 g/mol. The molecule has 3 aromatic rings. The number of ether oxygens (including phenoxy) is 2. The smallest absolute Gasteiger partial charge is 0.340 e. The van der Waals surface area contributed by atoms with E-state index in [4.69, 9.17) is 21.1 Å². The van der Waals surface area contributed by atoms with Crippen molar-refractivity contribution < 1.29 is 22.7 Å². The van der Waals surface area contributed by atoms with Crippen molar-refractivity contribution in [2.45, 2.75) is 11.5 Å². The number of nitrogens with zero attached hydrogens (tertiary/aromatic N) is 1. The van der Waals surface area contributed by atoms with Crippen LogP contribution in [0.25, 0.3) is 0 Å². The first-order chi connectivity index (χ1) is 15.4. The number of methoxy groups -OCH3 is 1. The second kappa shape index (κ2) is 10.3. The lowest BCUT2D eigenvalue weighted by atomic mass is 10.2. The fraction of sp³-hybridized carbons (Fsp3) is 0.125. The zero-order chi connectivity index (χ0) is 23.1. The molecule has 0 amide bonds. The molecule has 0 saturated carbocycles. The van der Waals surface area contributed by atoms with Crippen LogP contribution in [0.2, 0.25) is 5.02 Å². The standard InChI is InChI=1S/C24H22ClNO5S/c1-3-15-26(19-7-5-4-6-8-19)32(28,29)21-13-14-23(25)22(16-21)24(27)31-17-18-9-11-20(30-2)12-10-18/h3-14,16H,1,15,17H2,2H3. The van der Waals surface area contributed by atoms with Gasteiger partial charge < -0.3 is 9.47 Å². The van der Waals surface area contributed by atoms with Gasteiger partial charge in [-0.2, -0.15) is 0 Å². The number of anilines is 1. The molecule has 0 heterocycles. The molecule has 6 nitrogen and oxygen atoms in total. The van der Waals surface area contributed by atoms with E-state index >= 15 is 0 Å². The van der Waals surface area contributed by atoms with Crippen molar-refractivity contribution in [1.82, 2.24) is 0 Å². The van der Waals surface area contributed by atoms with Crippen LogP contribution in [0.4, 0.5) is 5.69 Å². The molecule has 166 valence electrons. The minimum absolute atomic E-state index is 0.00272. The Morgan fingerprint density at radius 3 is 2.38 bits per heavy atom. The van der Waals surface area contributed by atoms with Crippen molar-refractivity contribution in [2.75, 3.05) is 18.0 Å². The van der Waals surface area contributed by atoms with Gasteiger partial charge in [-0.1, -0.05) is 48.0 Å². The van der Waals surface area contributed by atoms with Crippen LogP contribution in [-0.2, 0) is 21.4 Å². The molecule has 32 heavy (non-hydrogen) atoms. The second-order valence-corrected chi connectivity index (χ2v) is 9.00. The quantitative estimate of drug-likeness (QED) is 0.321. The van der Waals surface area contributed by atoms with Gasteiger partial charge in [0.25, 0.3) is 10.0 Å². The summed E-state index contributed by atoms with van der Waals surface area (Å²) in [6, 6.07) is 19.6. The molecule has 3 aromatic carbocycles. The fourth-order valence-electron chi connectivity index (χ4n) is 2.95. The number of rotatable bonds is 9. The summed E-state index contributed by atoms with van der Waals surface area (Å²) in [5, 5.41) is 0.0960. The number of sulfonamides is 1. The van der Waals surface area contributed by atoms with E-state index in [9.17, 15) is 13.2 Å². The predicted octanol–water partition coefficient (Wildman–Crippen LogP) is 5.09. The zero-order valence-corrected chi connectivity index (χ0v) is 19.0. The average Bonchev–Trinajstić information content (AvgIpc) is 2.82. The third kappa shape index (κ3) is 5.30. The number of carbonyl (C=O) groups excluding carboxylic acids is 1. The lowest BCUT2D eigenvalue weighted by Gasteiger charge is -2.23. The predicted molar refractivity (Wildman–Crippen MR) is 125 cm³/mol. The van der Waals surface area contributed by atoms with Crippen molar-refractivity contribution in [2.24, 2.45) is 0 Å². The zero-order valence-electron chi connectivity index (χ0n) is 17.4. The SMILES string of the molecule is C=CCN(c1ccccc1)S(=O)(=O)c1ccc(Cl)c(C(=O)OCc2ccc(OC)cc2)c1. The molecule has 0 bridgehead atoms. The number of benzene rings is 3. The van der Waals surface area contributed by atoms with Gasteiger partial charge in [-0.25, -0.2) is 13.2 Å². The second-order valence-electron chi connectivity index (χ2n) is 6.73. The van der Waals surface area contributed by atoms with Crippen molar-refractivity contribution in [3.8, 4) is 5.75 Å². The Kier molecular flexibility index (Phi) is 7.56. The third-order valence-electron chi connectivity index (χ3n) is 4.61. The average molecular weight is 472 g/mol. The molecule has 0 N–H and O–H groups in total. The topological polar surface area (TPSA) is 72.9 Å². The Balaban J connectivity index is 1.86. The molecule has 0 saturated heterocycles. The Bertz CT molecular complexity index is 1190. The maximum absolute atomic E-state index is 13.3. The van der Waals surface area contributed by atoms with Gasteiger partial charge in [0.1, 0.15) is 12.4 Å². The van der Waals surface area contributed by atoms with Crippen LogP contribution in [0.3, 0.4) is 0 Å². The van der Waals surface area contributed by atoms with Crippen LogP contribution < -0.4 is 9.04 Å². The van der Waals surface area contributed by atoms with Crippen molar-refractivity contribution >= 4 is 33.3 Å². The van der Waals surface area contributed by atoms with E-state index in [0.717, 1.165) is 5.56 Å². The highest BCUT2D eigenvalue weighted by molar-refractivity contribution is 7.92. The summed E-state index contributed by atoms with van der Waals surface area (Å²) in [5.41, 5.74) is 1.19. The highest BCUT2D eigenvalue weighted by atomic mass is 35.5. The van der Waals surface area contributed by atoms with Gasteiger partial charge in [-0.15, -0.1) is 6.58 Å². The molecule has 0 radical (unpaired) electrons. The first kappa shape index (κ1) is 23.4. The summed E-state index contributed by atoms with van der Waals surface area (Å²) in [6.45, 7) is 3.71. The highest BCUT2D eigenvalue weighted by Crippen LogP contribution is 2.27. The fourth-order valence-corrected chi connectivity index (χ4v) is 4.61. The molecule has 0 fully saturated rings. The van der Waals surface area contributed by atoms with Gasteiger partial charge in [0.2, 0.25) is 0 Å². The monoisotopic (exact) mass is 471 g/mol. The largest absolute Gasteiger partial charge is 0.497 e. The number of carbonyl (C=O) groups is 1. The highest BCUT2D eigenvalue weighted by Gasteiger charge is 2.26. The lowest BCUT2D eigenvalue weighted by Crippen LogP contribution is -2.31. The van der Waals surface area contributed by atoms with Gasteiger partial charge in [0.15, 0.2) is 0 Å². The van der Waals surface area contributed by atoms with Gasteiger partial charge in [-0.05, 0) is 48.0 Å². The minimum Gasteiger partial charge on any atom is -0.497 e. The number of esters is 1. The Morgan fingerprint density at radius 2 is 1.75 bits per heavy atom. The maximum atomic E-state index is 13.3. The van der Waals surface area contributed by atoms with E-state index in [0.29, 0.717) is 11.4 Å². The van der Waals surface area contributed by atoms with Crippen molar-refractivity contribution in [3.05, 3.63) is 102 Å². The van der Waals surface area contributed by atoms with E-state index in [2.05, 4.69) is 6.58 Å². The van der Waals surface area contributed by atoms with Crippen LogP contribution >= 0.6 is 11.6 Å². The Hall–Kier alpha value is -3.29. The minimum atomic E-state index is -3.98. The normalized spacial score (nSPS) is 10.9. The molecule has 0 atom stereocenters. The van der Waals surface area contributed by atoms with Crippen LogP contribution in [0, 0.1) is 0 Å². The van der Waals surface area contributed by atoms with E-state index in [1.54, 1.807) is 61.7 Å². The molecule has 8 heteroatoms. The van der Waals surface area contributed by atoms with Gasteiger partial charge in [-0.3, -0.25) is 4.31 Å². The van der Waals surface area contributed by atoms with Gasteiger partial charge >= 0.3 is 5.97 Å². The Labute approximate surface area is 192 Å². The molecule has 0 unspecified atom stereocenters. The lowest BCUT2D eigenvalue weighted by molar-refractivity contribution is 0.0472. The summed E-state index contributed by atoms with van der Waals surface area (Å²) in [5.74, 6) is -0.0404. The molecule has 0 aliphatic carbocycles. The summed E-state index contributed by atoms with van der Waals surface area (Å²) >= 11 is 6.18. The molecular formula is C24H22ClNO5S. The molecule has 0 aliphatic rings. The summed E-state index contributed by atoms with van der Waals surface area (Å²) in [4.78, 5) is 12.6. The van der Waals surface area contributed by atoms with E-state index in [1.165, 1.54) is 28.6 Å². The van der Waals surface area contributed by atoms with Crippen LogP contribution in [-0.4, -0.2) is 28.0 Å². The Morgan fingerprint density at radius 1 is 1.06 bits per heavy atom. The van der Waals surface area contributed by atoms with Gasteiger partial charge in [0, 0.05) is 0 Å². The molecule has 0 spiro atoms. The number of hydrogen-bond donors (Lipinski definition) is 0. The van der Waals surface area contributed by atoms with Crippen LogP contribution in [0.5, 0.6) is 5.75 Å². The van der Waals surface area contributed by atoms with E-state index < -0.39 is 16.0 Å². The van der Waals surface area contributed by atoms with Gasteiger partial charge in [0.05, 0.1) is 34.8 Å². The van der Waals surface area contributed by atoms with Crippen LogP contribution in [0.1, 0.15) is 15.9 Å². The summed E-state index contributed by atoms with van der Waals surface area (Å²) in [7, 11) is -2.42. The summed E-state index contributed by atoms with van der Waals surface area (Å²) in [6.07, 6.45) is 1.49. The van der Waals surface area contributed by atoms with Crippen molar-refractivity contribution in [3.63, 3.8) is 0 Å². The van der Waals surface area contributed by atoms with E-state index in [-0.39, 0.29) is 28.6 Å². The third-order valence-corrected chi connectivity index (χ3v) is 6.73. The maximum Gasteiger partial charge on any atom is 0.340 e. The number of para-hydroxylation sites is 1.